The molecule has 2 aliphatic carbocycles. The van der Waals surface area contributed by atoms with Crippen LogP contribution in [0.1, 0.15) is 96.3 Å². The van der Waals surface area contributed by atoms with Gasteiger partial charge in [0, 0.05) is 23.0 Å². The average Bonchev–Trinajstić information content (AvgIpc) is 4.04. The topological polar surface area (TPSA) is 251 Å². The zero-order chi connectivity index (χ0) is 44.1. The van der Waals surface area contributed by atoms with E-state index in [1.165, 1.54) is 11.8 Å². The van der Waals surface area contributed by atoms with Crippen molar-refractivity contribution < 1.29 is 48.6 Å². The molecule has 2 fully saturated rings. The molecule has 61 heavy (non-hydrogen) atoms. The molecule has 0 radical (unpaired) electrons. The number of carbonyl (C=O) groups is 8. The number of aliphatic carboxylic acids is 2. The lowest BCUT2D eigenvalue weighted by Gasteiger charge is -2.13. The molecule has 6 N–H and O–H groups in total. The molecule has 2 aromatic heterocycles. The van der Waals surface area contributed by atoms with Gasteiger partial charge in [-0.15, -0.1) is 11.8 Å². The van der Waals surface area contributed by atoms with Crippen LogP contribution in [0.4, 0.5) is 21.6 Å². The molecular weight excluding hydrogens is 868 g/mol. The van der Waals surface area contributed by atoms with Gasteiger partial charge >= 0.3 is 11.9 Å². The maximum atomic E-state index is 12.8. The number of carbonyl (C=O) groups excluding carboxylic acids is 6. The van der Waals surface area contributed by atoms with Gasteiger partial charge in [0.15, 0.2) is 21.8 Å². The molecule has 2 aromatic carbocycles. The predicted molar refractivity (Wildman–Crippen MR) is 233 cm³/mol. The van der Waals surface area contributed by atoms with E-state index < -0.39 is 48.4 Å². The Kier molecular flexibility index (Phi) is 17.1. The van der Waals surface area contributed by atoms with Crippen LogP contribution in [0.2, 0.25) is 4.34 Å². The van der Waals surface area contributed by atoms with Gasteiger partial charge in [0.1, 0.15) is 17.2 Å². The Morgan fingerprint density at radius 1 is 0.623 bits per heavy atom. The highest BCUT2D eigenvalue weighted by Crippen LogP contribution is 2.34. The number of carboxylic acid groups (broad SMARTS) is 2. The van der Waals surface area contributed by atoms with E-state index in [1.54, 1.807) is 54.8 Å². The minimum atomic E-state index is -1.09. The molecule has 2 saturated carbocycles. The van der Waals surface area contributed by atoms with Gasteiger partial charge in [-0.3, -0.25) is 38.4 Å². The molecule has 0 saturated heterocycles. The molecule has 0 bridgehead atoms. The van der Waals surface area contributed by atoms with Gasteiger partial charge in [-0.25, -0.2) is 9.97 Å². The van der Waals surface area contributed by atoms with Gasteiger partial charge in [-0.2, -0.15) is 0 Å². The van der Waals surface area contributed by atoms with Gasteiger partial charge in [0.2, 0.25) is 23.6 Å². The number of Topliss-reactive ketones (excluding diaryl/α,β-unsaturated/α-hetero) is 2. The Bertz CT molecular complexity index is 2300. The second-order valence-electron chi connectivity index (χ2n) is 14.2. The van der Waals surface area contributed by atoms with Gasteiger partial charge in [-0.05, 0) is 56.2 Å². The van der Waals surface area contributed by atoms with Crippen molar-refractivity contribution in [3.05, 3.63) is 75.4 Å². The minimum absolute atomic E-state index is 0.0104. The van der Waals surface area contributed by atoms with Crippen molar-refractivity contribution in [1.29, 1.82) is 0 Å². The van der Waals surface area contributed by atoms with Crippen molar-refractivity contribution >= 4 is 115 Å². The van der Waals surface area contributed by atoms with E-state index in [4.69, 9.17) is 21.8 Å². The molecule has 0 unspecified atom stereocenters. The zero-order valence-electron chi connectivity index (χ0n) is 32.9. The zero-order valence-corrected chi connectivity index (χ0v) is 36.1. The van der Waals surface area contributed by atoms with Crippen LogP contribution >= 0.6 is 46.0 Å². The normalized spacial score (nSPS) is 13.7. The molecule has 0 atom stereocenters. The first-order valence-corrected chi connectivity index (χ1v) is 22.5. The van der Waals surface area contributed by atoms with Crippen LogP contribution in [0.3, 0.4) is 0 Å². The minimum Gasteiger partial charge on any atom is -0.481 e. The van der Waals surface area contributed by atoms with E-state index in [2.05, 4.69) is 31.2 Å². The number of amides is 4. The highest BCUT2D eigenvalue weighted by molar-refractivity contribution is 8.00. The number of halogens is 1. The first kappa shape index (κ1) is 46.6. The van der Waals surface area contributed by atoms with Crippen molar-refractivity contribution in [3.8, 4) is 0 Å². The fourth-order valence-corrected chi connectivity index (χ4v) is 9.59. The number of rotatable bonds is 17. The van der Waals surface area contributed by atoms with Crippen molar-refractivity contribution in [2.75, 3.05) is 27.5 Å². The van der Waals surface area contributed by atoms with Gasteiger partial charge < -0.3 is 31.5 Å². The summed E-state index contributed by atoms with van der Waals surface area (Å²) in [6.45, 7) is 0. The molecule has 4 amide bonds. The lowest BCUT2D eigenvalue weighted by atomic mass is 9.95. The summed E-state index contributed by atoms with van der Waals surface area (Å²) < 4.78 is 0.859. The molecule has 322 valence electrons. The number of hydrogen-bond donors (Lipinski definition) is 6. The summed E-state index contributed by atoms with van der Waals surface area (Å²) in [5.41, 5.74) is 2.22. The van der Waals surface area contributed by atoms with E-state index in [0.717, 1.165) is 74.0 Å². The largest absolute Gasteiger partial charge is 0.481 e. The van der Waals surface area contributed by atoms with Crippen molar-refractivity contribution in [1.82, 2.24) is 9.97 Å². The van der Waals surface area contributed by atoms with Crippen molar-refractivity contribution in [2.45, 2.75) is 81.3 Å². The number of ketones is 2. The second-order valence-corrected chi connectivity index (χ2v) is 17.8. The fraction of sp³-hybridized carbons (Fsp3) is 0.366. The predicted octanol–water partition coefficient (Wildman–Crippen LogP) is 7.60. The number of anilines is 4. The third-order valence-electron chi connectivity index (χ3n) is 9.65. The first-order valence-electron chi connectivity index (χ1n) is 19.3. The van der Waals surface area contributed by atoms with Crippen molar-refractivity contribution in [2.24, 2.45) is 11.8 Å². The Labute approximate surface area is 367 Å². The van der Waals surface area contributed by atoms with Crippen LogP contribution in [0.5, 0.6) is 0 Å². The average molecular weight is 911 g/mol. The molecule has 2 heterocycles. The highest BCUT2D eigenvalue weighted by atomic mass is 35.5. The molecule has 6 rings (SSSR count). The number of aromatic nitrogens is 2. The van der Waals surface area contributed by atoms with Crippen LogP contribution in [-0.2, 0) is 41.6 Å². The SMILES string of the molecule is CSc1sc(NC(=O)CC(=O)Nc2ccccc2C(=O)C2CCCC2)nc1CC(=O)O.O=C(O)Cc1nc(NC(=O)CC(=O)Nc2ccccc2C(=O)C2CCCC2)sc1Cl. The maximum absolute atomic E-state index is 12.8. The fourth-order valence-electron chi connectivity index (χ4n) is 6.88. The lowest BCUT2D eigenvalue weighted by Crippen LogP contribution is -2.23. The Hall–Kier alpha value is -5.50. The van der Waals surface area contributed by atoms with Gasteiger partial charge in [0.25, 0.3) is 0 Å². The molecule has 4 aromatic rings. The standard InChI is InChI=1S/C21H23N3O5S2.C20H20ClN3O5S/c1-30-20-15(10-18(27)28)23-21(31-20)24-17(26)11-16(25)22-14-9-5-4-8-13(14)19(29)12-6-2-3-7-12;21-19-14(9-17(27)28)23-20(30-19)24-16(26)10-15(25)22-13-8-4-3-7-12(13)18(29)11-5-1-2-6-11/h4-5,8-9,12H,2-3,6-7,10-11H2,1H3,(H,22,25)(H,27,28)(H,23,24,26);3-4,7-8,11H,1-2,5-6,9-10H2,(H,22,25)(H,27,28)(H,23,24,26). The van der Waals surface area contributed by atoms with E-state index in [9.17, 15) is 38.4 Å². The van der Waals surface area contributed by atoms with Crippen molar-refractivity contribution in [3.63, 3.8) is 0 Å². The number of thioether (sulfide) groups is 1. The molecule has 2 aliphatic rings. The number of carboxylic acids is 2. The summed E-state index contributed by atoms with van der Waals surface area (Å²) in [5, 5.41) is 28.4. The van der Waals surface area contributed by atoms with Crippen LogP contribution in [0.25, 0.3) is 0 Å². The Morgan fingerprint density at radius 2 is 1.02 bits per heavy atom. The third-order valence-corrected chi connectivity index (χ3v) is 13.1. The third kappa shape index (κ3) is 13.8. The molecule has 20 heteroatoms. The number of benzene rings is 2. The van der Waals surface area contributed by atoms with E-state index in [1.807, 2.05) is 0 Å². The van der Waals surface area contributed by atoms with Crippen LogP contribution in [0, 0.1) is 11.8 Å². The monoisotopic (exact) mass is 910 g/mol. The van der Waals surface area contributed by atoms with Gasteiger partial charge in [-0.1, -0.05) is 84.2 Å². The summed E-state index contributed by atoms with van der Waals surface area (Å²) in [5.74, 6) is -4.43. The van der Waals surface area contributed by atoms with Crippen LogP contribution in [0.15, 0.2) is 52.7 Å². The number of thiazole rings is 2. The smallest absolute Gasteiger partial charge is 0.309 e. The first-order chi connectivity index (χ1) is 29.2. The lowest BCUT2D eigenvalue weighted by molar-refractivity contribution is -0.137. The Balaban J connectivity index is 0.000000231. The Morgan fingerprint density at radius 3 is 1.46 bits per heavy atom. The molecular formula is C41H43ClN6O10S3. The van der Waals surface area contributed by atoms with Gasteiger partial charge in [0.05, 0.1) is 39.8 Å². The quantitative estimate of drug-likeness (QED) is 0.0340. The number of para-hydroxylation sites is 2. The summed E-state index contributed by atoms with van der Waals surface area (Å²) in [6, 6.07) is 13.6. The van der Waals surface area contributed by atoms with E-state index in [-0.39, 0.29) is 56.5 Å². The second kappa shape index (κ2) is 22.4. The van der Waals surface area contributed by atoms with E-state index >= 15 is 0 Å². The number of nitrogens with one attached hydrogen (secondary N) is 4. The highest BCUT2D eigenvalue weighted by Gasteiger charge is 2.28. The summed E-state index contributed by atoms with van der Waals surface area (Å²) >= 11 is 9.34. The number of hydrogen-bond acceptors (Lipinski definition) is 13. The summed E-state index contributed by atoms with van der Waals surface area (Å²) in [6.07, 6.45) is 7.80. The van der Waals surface area contributed by atoms with Crippen LogP contribution < -0.4 is 21.3 Å². The molecule has 0 aliphatic heterocycles. The maximum Gasteiger partial charge on any atom is 0.309 e. The van der Waals surface area contributed by atoms with Crippen LogP contribution in [-0.4, -0.2) is 73.6 Å². The van der Waals surface area contributed by atoms with E-state index in [0.29, 0.717) is 32.4 Å². The molecule has 0 spiro atoms. The number of nitrogens with zero attached hydrogens (tertiary/aromatic N) is 2. The summed E-state index contributed by atoms with van der Waals surface area (Å²) in [7, 11) is 0. The summed E-state index contributed by atoms with van der Waals surface area (Å²) in [4.78, 5) is 104. The molecule has 16 nitrogen and oxygen atoms in total.